The monoisotopic (exact) mass is 212 g/mol. The van der Waals surface area contributed by atoms with Crippen molar-refractivity contribution in [3.05, 3.63) is 0 Å². The highest BCUT2D eigenvalue weighted by Gasteiger charge is 2.12. The largest absolute Gasteiger partial charge is 0.382 e. The first-order valence-corrected chi connectivity index (χ1v) is 4.03. The lowest BCUT2D eigenvalue weighted by Gasteiger charge is -2.12. The second-order valence-corrected chi connectivity index (χ2v) is 2.24. The van der Waals surface area contributed by atoms with Crippen LogP contribution >= 0.6 is 0 Å². The van der Waals surface area contributed by atoms with Gasteiger partial charge < -0.3 is 29.2 Å². The summed E-state index contributed by atoms with van der Waals surface area (Å²) in [5, 5.41) is 17.1. The summed E-state index contributed by atoms with van der Waals surface area (Å²) in [4.78, 5) is 0. The fourth-order valence-electron chi connectivity index (χ4n) is 0.399. The number of hydrogen-bond donors (Lipinski definition) is 2. The number of aliphatic hydroxyl groups excluding tert-OH is 2. The van der Waals surface area contributed by atoms with Gasteiger partial charge in [-0.2, -0.15) is 0 Å². The first-order chi connectivity index (χ1) is 6.63. The fraction of sp³-hybridized carbons (Fsp3) is 1.00. The molecule has 0 heterocycles. The topological polar surface area (TPSA) is 77.4 Å². The molecule has 0 aromatic rings. The zero-order chi connectivity index (χ0) is 11.4. The Morgan fingerprint density at radius 3 is 1.21 bits per heavy atom. The Balaban J connectivity index is 0. The highest BCUT2D eigenvalue weighted by molar-refractivity contribution is 4.39. The van der Waals surface area contributed by atoms with Crippen molar-refractivity contribution in [2.75, 3.05) is 41.7 Å². The third kappa shape index (κ3) is 11.8. The molecule has 0 amide bonds. The van der Waals surface area contributed by atoms with E-state index in [9.17, 15) is 0 Å². The van der Waals surface area contributed by atoms with Gasteiger partial charge in [-0.25, -0.2) is 0 Å². The second kappa shape index (κ2) is 12.8. The van der Waals surface area contributed by atoms with Crippen LogP contribution in [0.3, 0.4) is 0 Å². The fourth-order valence-corrected chi connectivity index (χ4v) is 0.399. The lowest BCUT2D eigenvalue weighted by molar-refractivity contribution is -0.232. The second-order valence-electron chi connectivity index (χ2n) is 2.24. The van der Waals surface area contributed by atoms with Gasteiger partial charge in [0, 0.05) is 28.4 Å². The van der Waals surface area contributed by atoms with Gasteiger partial charge in [0.1, 0.15) is 0 Å². The molecule has 0 fully saturated rings. The first-order valence-electron chi connectivity index (χ1n) is 4.03. The van der Waals surface area contributed by atoms with Gasteiger partial charge in [0.2, 0.25) is 12.6 Å². The van der Waals surface area contributed by atoms with E-state index in [0.717, 1.165) is 0 Å². The first kappa shape index (κ1) is 16.2. The SMILES string of the molecule is COC(O)C(O)OC.COCCOC. The molecule has 2 N–H and O–H groups in total. The number of aliphatic hydroxyl groups is 2. The van der Waals surface area contributed by atoms with Gasteiger partial charge in [-0.05, 0) is 0 Å². The van der Waals surface area contributed by atoms with Crippen LogP contribution in [0, 0.1) is 0 Å². The van der Waals surface area contributed by atoms with Crippen LogP contribution in [0.4, 0.5) is 0 Å². The maximum Gasteiger partial charge on any atom is 0.206 e. The summed E-state index contributed by atoms with van der Waals surface area (Å²) in [6.07, 6.45) is -2.50. The smallest absolute Gasteiger partial charge is 0.206 e. The standard InChI is InChI=1S/C4H10O4.C4H10O2/c1-7-3(5)4(6)8-2;1-5-3-4-6-2/h3-6H,1-2H3;3-4H2,1-2H3. The predicted molar refractivity (Wildman–Crippen MR) is 49.8 cm³/mol. The highest BCUT2D eigenvalue weighted by Crippen LogP contribution is 1.92. The van der Waals surface area contributed by atoms with E-state index in [4.69, 9.17) is 10.2 Å². The van der Waals surface area contributed by atoms with E-state index in [0.29, 0.717) is 13.2 Å². The molecule has 0 spiro atoms. The van der Waals surface area contributed by atoms with Gasteiger partial charge in [-0.15, -0.1) is 0 Å². The lowest BCUT2D eigenvalue weighted by atomic mass is 10.6. The Labute approximate surface area is 84.3 Å². The molecule has 6 nitrogen and oxygen atoms in total. The summed E-state index contributed by atoms with van der Waals surface area (Å²) in [5.41, 5.74) is 0. The average molecular weight is 212 g/mol. The molecule has 2 atom stereocenters. The molecule has 0 aromatic heterocycles. The van der Waals surface area contributed by atoms with Gasteiger partial charge in [-0.1, -0.05) is 0 Å². The van der Waals surface area contributed by atoms with Crippen molar-refractivity contribution in [1.29, 1.82) is 0 Å². The zero-order valence-corrected chi connectivity index (χ0v) is 9.10. The van der Waals surface area contributed by atoms with Gasteiger partial charge in [0.05, 0.1) is 13.2 Å². The van der Waals surface area contributed by atoms with Crippen LogP contribution < -0.4 is 0 Å². The van der Waals surface area contributed by atoms with Crippen molar-refractivity contribution in [2.24, 2.45) is 0 Å². The van der Waals surface area contributed by atoms with Crippen molar-refractivity contribution >= 4 is 0 Å². The summed E-state index contributed by atoms with van der Waals surface area (Å²) in [6, 6.07) is 0. The van der Waals surface area contributed by atoms with Gasteiger partial charge >= 0.3 is 0 Å². The average Bonchev–Trinajstić information content (AvgIpc) is 2.24. The maximum atomic E-state index is 8.53. The molecule has 0 radical (unpaired) electrons. The molecule has 0 aliphatic heterocycles. The predicted octanol–water partition coefficient (Wildman–Crippen LogP) is -0.805. The molecular weight excluding hydrogens is 192 g/mol. The molecule has 0 aromatic carbocycles. The highest BCUT2D eigenvalue weighted by atomic mass is 16.7. The minimum Gasteiger partial charge on any atom is -0.382 e. The minimum absolute atomic E-state index is 0.691. The van der Waals surface area contributed by atoms with E-state index in [1.54, 1.807) is 14.2 Å². The van der Waals surface area contributed by atoms with Crippen LogP contribution in [-0.4, -0.2) is 64.4 Å². The van der Waals surface area contributed by atoms with Crippen molar-refractivity contribution in [3.8, 4) is 0 Å². The molecule has 0 bridgehead atoms. The van der Waals surface area contributed by atoms with E-state index in [2.05, 4.69) is 18.9 Å². The summed E-state index contributed by atoms with van der Waals surface area (Å²) in [7, 11) is 5.85. The molecule has 0 saturated heterocycles. The van der Waals surface area contributed by atoms with E-state index in [1.165, 1.54) is 14.2 Å². The summed E-state index contributed by atoms with van der Waals surface area (Å²) in [5.74, 6) is 0. The van der Waals surface area contributed by atoms with Crippen molar-refractivity contribution in [1.82, 2.24) is 0 Å². The van der Waals surface area contributed by atoms with E-state index < -0.39 is 12.6 Å². The Kier molecular flexibility index (Phi) is 14.8. The summed E-state index contributed by atoms with van der Waals surface area (Å²) >= 11 is 0. The number of methoxy groups -OCH3 is 4. The quantitative estimate of drug-likeness (QED) is 0.443. The molecule has 0 aliphatic carbocycles. The van der Waals surface area contributed by atoms with Crippen LogP contribution in [0.25, 0.3) is 0 Å². The maximum absolute atomic E-state index is 8.53. The van der Waals surface area contributed by atoms with Gasteiger partial charge in [-0.3, -0.25) is 0 Å². The third-order valence-corrected chi connectivity index (χ3v) is 1.22. The zero-order valence-electron chi connectivity index (χ0n) is 9.10. The molecule has 0 aliphatic rings. The van der Waals surface area contributed by atoms with E-state index >= 15 is 0 Å². The third-order valence-electron chi connectivity index (χ3n) is 1.22. The van der Waals surface area contributed by atoms with Gasteiger partial charge in [0.15, 0.2) is 0 Å². The van der Waals surface area contributed by atoms with Crippen LogP contribution in [0.15, 0.2) is 0 Å². The molecule has 2 unspecified atom stereocenters. The molecule has 6 heteroatoms. The minimum atomic E-state index is -1.25. The molecule has 0 rings (SSSR count). The number of ether oxygens (including phenoxy) is 4. The van der Waals surface area contributed by atoms with E-state index in [-0.39, 0.29) is 0 Å². The number of rotatable bonds is 6. The van der Waals surface area contributed by atoms with Gasteiger partial charge in [0.25, 0.3) is 0 Å². The van der Waals surface area contributed by atoms with E-state index in [1.807, 2.05) is 0 Å². The molecule has 88 valence electrons. The Hall–Kier alpha value is -0.240. The van der Waals surface area contributed by atoms with Crippen molar-refractivity contribution in [2.45, 2.75) is 12.6 Å². The normalized spacial score (nSPS) is 14.1. The summed E-state index contributed by atoms with van der Waals surface area (Å²) < 4.78 is 17.9. The van der Waals surface area contributed by atoms with Crippen LogP contribution in [0.5, 0.6) is 0 Å². The molecule has 0 saturated carbocycles. The van der Waals surface area contributed by atoms with Crippen LogP contribution in [0.2, 0.25) is 0 Å². The molecule has 14 heavy (non-hydrogen) atoms. The van der Waals surface area contributed by atoms with Crippen molar-refractivity contribution in [3.63, 3.8) is 0 Å². The molecular formula is C8H20O6. The Bertz CT molecular complexity index is 87.8. The Morgan fingerprint density at radius 1 is 0.786 bits per heavy atom. The number of hydrogen-bond acceptors (Lipinski definition) is 6. The lowest BCUT2D eigenvalue weighted by Crippen LogP contribution is -2.28. The van der Waals surface area contributed by atoms with Crippen LogP contribution in [0.1, 0.15) is 0 Å². The Morgan fingerprint density at radius 2 is 1.07 bits per heavy atom. The summed E-state index contributed by atoms with van der Waals surface area (Å²) in [6.45, 7) is 1.38. The van der Waals surface area contributed by atoms with Crippen molar-refractivity contribution < 1.29 is 29.2 Å². The van der Waals surface area contributed by atoms with Crippen LogP contribution in [-0.2, 0) is 18.9 Å².